The minimum Gasteiger partial charge on any atom is -0.472 e. The maximum absolute atomic E-state index is 5.28. The topological polar surface area (TPSA) is 47.6 Å². The van der Waals surface area contributed by atoms with Crippen molar-refractivity contribution in [3.63, 3.8) is 0 Å². The molecule has 0 aromatic heterocycles. The first kappa shape index (κ1) is 7.88. The fourth-order valence-corrected chi connectivity index (χ4v) is 1.15. The van der Waals surface area contributed by atoms with Crippen molar-refractivity contribution in [1.82, 2.24) is 0 Å². The first-order valence-corrected chi connectivity index (χ1v) is 4.35. The van der Waals surface area contributed by atoms with E-state index in [1.54, 1.807) is 0 Å². The van der Waals surface area contributed by atoms with Gasteiger partial charge in [0, 0.05) is 18.5 Å². The van der Waals surface area contributed by atoms with Crippen molar-refractivity contribution < 1.29 is 4.74 Å². The Morgan fingerprint density at radius 1 is 1.40 bits per heavy atom. The lowest BCUT2D eigenvalue weighted by molar-refractivity contribution is 0.295. The molecule has 2 N–H and O–H groups in total. The van der Waals surface area contributed by atoms with Gasteiger partial charge in [0.15, 0.2) is 0 Å². The lowest BCUT2D eigenvalue weighted by Gasteiger charge is -2.09. The summed E-state index contributed by atoms with van der Waals surface area (Å²) < 4.78 is 5.22. The Balaban J connectivity index is 2.35. The Morgan fingerprint density at radius 2 is 2.30 bits per heavy atom. The molecule has 0 amide bonds. The lowest BCUT2D eigenvalue weighted by Crippen LogP contribution is -2.08. The van der Waals surface area contributed by atoms with Crippen LogP contribution < -0.4 is 5.14 Å². The van der Waals surface area contributed by atoms with Crippen LogP contribution in [0.2, 0.25) is 0 Å². The average molecular weight is 160 g/mol. The van der Waals surface area contributed by atoms with E-state index in [2.05, 4.69) is 4.99 Å². The van der Waals surface area contributed by atoms with Gasteiger partial charge in [-0.3, -0.25) is 5.14 Å². The summed E-state index contributed by atoms with van der Waals surface area (Å²) in [7, 11) is 0. The van der Waals surface area contributed by atoms with Gasteiger partial charge in [-0.05, 0) is 19.3 Å². The van der Waals surface area contributed by atoms with E-state index in [-0.39, 0.29) is 0 Å². The number of ether oxygens (including phenoxy) is 1. The molecular weight excluding hydrogens is 148 g/mol. The number of hydrogen-bond acceptors (Lipinski definition) is 4. The van der Waals surface area contributed by atoms with E-state index >= 15 is 0 Å². The van der Waals surface area contributed by atoms with Crippen LogP contribution in [0.3, 0.4) is 0 Å². The van der Waals surface area contributed by atoms with Crippen LogP contribution >= 0.6 is 11.9 Å². The van der Waals surface area contributed by atoms with Gasteiger partial charge < -0.3 is 4.74 Å². The maximum Gasteiger partial charge on any atom is 0.261 e. The second kappa shape index (κ2) is 4.57. The molecule has 0 saturated heterocycles. The predicted octanol–water partition coefficient (Wildman–Crippen LogP) is 1.15. The smallest absolute Gasteiger partial charge is 0.261 e. The van der Waals surface area contributed by atoms with Crippen molar-refractivity contribution in [2.45, 2.75) is 19.3 Å². The first-order valence-electron chi connectivity index (χ1n) is 3.47. The molecule has 1 aliphatic heterocycles. The summed E-state index contributed by atoms with van der Waals surface area (Å²) in [5.41, 5.74) is 0. The molecule has 1 aliphatic rings. The molecule has 0 fully saturated rings. The second-order valence-corrected chi connectivity index (χ2v) is 2.76. The lowest BCUT2D eigenvalue weighted by atomic mass is 10.2. The van der Waals surface area contributed by atoms with Crippen LogP contribution in [0.4, 0.5) is 0 Å². The van der Waals surface area contributed by atoms with Crippen molar-refractivity contribution >= 4 is 17.2 Å². The van der Waals surface area contributed by atoms with E-state index in [1.165, 1.54) is 6.42 Å². The summed E-state index contributed by atoms with van der Waals surface area (Å²) in [6.07, 6.45) is 3.50. The molecule has 58 valence electrons. The first-order chi connectivity index (χ1) is 4.93. The molecule has 0 aliphatic carbocycles. The monoisotopic (exact) mass is 160 g/mol. The predicted molar refractivity (Wildman–Crippen MR) is 43.9 cm³/mol. The van der Waals surface area contributed by atoms with Crippen LogP contribution in [0.25, 0.3) is 0 Å². The highest BCUT2D eigenvalue weighted by molar-refractivity contribution is 8.11. The molecule has 0 spiro atoms. The molecular formula is C6H12N2OS. The number of nitrogens with two attached hydrogens (primary N) is 1. The summed E-state index contributed by atoms with van der Waals surface area (Å²) in [6, 6.07) is 0. The van der Waals surface area contributed by atoms with E-state index in [0.717, 1.165) is 37.9 Å². The van der Waals surface area contributed by atoms with Crippen LogP contribution in [0, 0.1) is 0 Å². The largest absolute Gasteiger partial charge is 0.472 e. The molecule has 1 heterocycles. The van der Waals surface area contributed by atoms with E-state index < -0.39 is 0 Å². The van der Waals surface area contributed by atoms with Crippen molar-refractivity contribution in [2.75, 3.05) is 13.2 Å². The Labute approximate surface area is 65.2 Å². The third kappa shape index (κ3) is 2.58. The quantitative estimate of drug-likeness (QED) is 0.541. The SMILES string of the molecule is NSC1=NCCCCCO1. The second-order valence-electron chi connectivity index (χ2n) is 2.17. The van der Waals surface area contributed by atoms with Gasteiger partial charge in [-0.25, -0.2) is 4.99 Å². The highest BCUT2D eigenvalue weighted by Gasteiger charge is 2.01. The molecule has 0 unspecified atom stereocenters. The number of hydrogen-bond donors (Lipinski definition) is 1. The van der Waals surface area contributed by atoms with Crippen molar-refractivity contribution in [3.05, 3.63) is 0 Å². The standard InChI is InChI=1S/C6H12N2OS/c7-10-6-8-4-2-1-3-5-9-6/h1-5,7H2. The van der Waals surface area contributed by atoms with E-state index in [0.29, 0.717) is 5.23 Å². The molecule has 1 rings (SSSR count). The normalized spacial score (nSPS) is 20.3. The molecule has 0 saturated carbocycles. The van der Waals surface area contributed by atoms with Gasteiger partial charge in [-0.2, -0.15) is 0 Å². The van der Waals surface area contributed by atoms with Gasteiger partial charge >= 0.3 is 0 Å². The Kier molecular flexibility index (Phi) is 3.60. The molecule has 3 nitrogen and oxygen atoms in total. The zero-order chi connectivity index (χ0) is 7.23. The third-order valence-corrected chi connectivity index (χ3v) is 1.82. The molecule has 0 aromatic rings. The zero-order valence-electron chi connectivity index (χ0n) is 5.88. The van der Waals surface area contributed by atoms with E-state index in [9.17, 15) is 0 Å². The highest BCUT2D eigenvalue weighted by atomic mass is 32.2. The van der Waals surface area contributed by atoms with Gasteiger partial charge in [0.2, 0.25) is 0 Å². The van der Waals surface area contributed by atoms with Crippen molar-refractivity contribution in [2.24, 2.45) is 10.1 Å². The molecule has 10 heavy (non-hydrogen) atoms. The maximum atomic E-state index is 5.28. The Morgan fingerprint density at radius 3 is 3.10 bits per heavy atom. The van der Waals surface area contributed by atoms with Gasteiger partial charge in [0.05, 0.1) is 6.61 Å². The van der Waals surface area contributed by atoms with E-state index in [1.807, 2.05) is 0 Å². The van der Waals surface area contributed by atoms with Crippen LogP contribution in [-0.4, -0.2) is 18.4 Å². The van der Waals surface area contributed by atoms with Crippen LogP contribution in [-0.2, 0) is 4.74 Å². The van der Waals surface area contributed by atoms with Gasteiger partial charge in [0.25, 0.3) is 5.23 Å². The van der Waals surface area contributed by atoms with Crippen LogP contribution in [0.15, 0.2) is 4.99 Å². The summed E-state index contributed by atoms with van der Waals surface area (Å²) in [5, 5.41) is 5.92. The third-order valence-electron chi connectivity index (χ3n) is 1.37. The molecule has 0 atom stereocenters. The summed E-state index contributed by atoms with van der Waals surface area (Å²) >= 11 is 1.10. The van der Waals surface area contributed by atoms with Gasteiger partial charge in [0.1, 0.15) is 0 Å². The fourth-order valence-electron chi connectivity index (χ4n) is 0.837. The van der Waals surface area contributed by atoms with Gasteiger partial charge in [-0.1, -0.05) is 0 Å². The number of nitrogens with zero attached hydrogens (tertiary/aromatic N) is 1. The van der Waals surface area contributed by atoms with E-state index in [4.69, 9.17) is 9.88 Å². The highest BCUT2D eigenvalue weighted by Crippen LogP contribution is 2.05. The van der Waals surface area contributed by atoms with Gasteiger partial charge in [-0.15, -0.1) is 0 Å². The molecule has 0 radical (unpaired) electrons. The number of aliphatic imine (C=N–C) groups is 1. The summed E-state index contributed by atoms with van der Waals surface area (Å²) in [5.74, 6) is 0. The minimum atomic E-state index is 0.639. The molecule has 0 bridgehead atoms. The Hall–Kier alpha value is -0.220. The van der Waals surface area contributed by atoms with Crippen molar-refractivity contribution in [1.29, 1.82) is 0 Å². The summed E-state index contributed by atoms with van der Waals surface area (Å²) in [6.45, 7) is 1.63. The zero-order valence-corrected chi connectivity index (χ0v) is 6.69. The minimum absolute atomic E-state index is 0.639. The summed E-state index contributed by atoms with van der Waals surface area (Å²) in [4.78, 5) is 4.13. The van der Waals surface area contributed by atoms with Crippen LogP contribution in [0.1, 0.15) is 19.3 Å². The Bertz CT molecular complexity index is 127. The van der Waals surface area contributed by atoms with Crippen LogP contribution in [0.5, 0.6) is 0 Å². The van der Waals surface area contributed by atoms with Crippen molar-refractivity contribution in [3.8, 4) is 0 Å². The average Bonchev–Trinajstić information content (AvgIpc) is 1.87. The number of rotatable bonds is 0. The molecule has 0 aromatic carbocycles. The fraction of sp³-hybridized carbons (Fsp3) is 0.833. The molecule has 4 heteroatoms.